The summed E-state index contributed by atoms with van der Waals surface area (Å²) in [5.41, 5.74) is 2.84. The van der Waals surface area contributed by atoms with Gasteiger partial charge in [-0.05, 0) is 87.4 Å². The molecule has 0 atom stereocenters. The topological polar surface area (TPSA) is 124 Å². The van der Waals surface area contributed by atoms with Gasteiger partial charge in [0, 0.05) is 23.8 Å². The Morgan fingerprint density at radius 3 is 2.08 bits per heavy atom. The zero-order valence-corrected chi connectivity index (χ0v) is 22.3. The molecule has 3 aromatic rings. The number of carbonyl (C=O) groups excluding carboxylic acids is 2. The average molecular weight is 533 g/mol. The maximum Gasteiger partial charge on any atom is 0.345 e. The molecule has 9 heteroatoms. The number of carbonyl (C=O) groups is 3. The molecular weight excluding hydrogens is 500 g/mol. The molecule has 0 aliphatic carbocycles. The van der Waals surface area contributed by atoms with Crippen LogP contribution in [0.2, 0.25) is 0 Å². The largest absolute Gasteiger partial charge is 0.477 e. The predicted octanol–water partition coefficient (Wildman–Crippen LogP) is 4.82. The molecule has 0 radical (unpaired) electrons. The third kappa shape index (κ3) is 9.47. The average Bonchev–Trinajstić information content (AvgIpc) is 2.89. The van der Waals surface area contributed by atoms with Gasteiger partial charge in [-0.15, -0.1) is 0 Å². The maximum absolute atomic E-state index is 11.9. The Hall–Kier alpha value is -4.92. The number of nitrogens with zero attached hydrogens (tertiary/aromatic N) is 1. The van der Waals surface area contributed by atoms with Crippen LogP contribution in [0.1, 0.15) is 35.3 Å². The van der Waals surface area contributed by atoms with E-state index in [-0.39, 0.29) is 24.4 Å². The molecule has 0 saturated heterocycles. The van der Waals surface area contributed by atoms with E-state index in [1.807, 2.05) is 56.3 Å². The molecule has 39 heavy (non-hydrogen) atoms. The molecule has 2 aromatic carbocycles. The van der Waals surface area contributed by atoms with E-state index in [9.17, 15) is 19.2 Å². The van der Waals surface area contributed by atoms with E-state index in [0.717, 1.165) is 16.8 Å². The van der Waals surface area contributed by atoms with Crippen LogP contribution in [0.3, 0.4) is 0 Å². The first-order valence-corrected chi connectivity index (χ1v) is 12.2. The van der Waals surface area contributed by atoms with Crippen LogP contribution < -0.4 is 10.9 Å². The fourth-order valence-electron chi connectivity index (χ4n) is 3.30. The standard InChI is InChI=1S/C17H21NO4.C13H11NO3/c1-4-21-16(19)15(17(20)22-5-2)10-7-11-18-14-9-6-8-13(3)12-14;1-9-4-2-5-10(8-9)14-7-3-6-11(12(14)15)13(16)17/h6-12,18H,4-5H2,1-3H3;2-8H,1H3,(H,16,17). The van der Waals surface area contributed by atoms with Gasteiger partial charge >= 0.3 is 17.9 Å². The molecule has 9 nitrogen and oxygen atoms in total. The van der Waals surface area contributed by atoms with E-state index in [1.165, 1.54) is 16.7 Å². The maximum atomic E-state index is 11.9. The van der Waals surface area contributed by atoms with Gasteiger partial charge < -0.3 is 19.9 Å². The highest BCUT2D eigenvalue weighted by Crippen LogP contribution is 2.10. The number of aromatic carboxylic acids is 1. The smallest absolute Gasteiger partial charge is 0.345 e. The van der Waals surface area contributed by atoms with Crippen LogP contribution in [0.25, 0.3) is 5.69 Å². The van der Waals surface area contributed by atoms with E-state index in [1.54, 1.807) is 44.5 Å². The van der Waals surface area contributed by atoms with Crippen molar-refractivity contribution in [2.45, 2.75) is 27.7 Å². The van der Waals surface area contributed by atoms with Gasteiger partial charge in [-0.1, -0.05) is 24.3 Å². The number of ether oxygens (including phenoxy) is 2. The van der Waals surface area contributed by atoms with Crippen molar-refractivity contribution in [3.05, 3.63) is 118 Å². The van der Waals surface area contributed by atoms with Gasteiger partial charge in [0.1, 0.15) is 11.1 Å². The lowest BCUT2D eigenvalue weighted by Gasteiger charge is -2.06. The summed E-state index contributed by atoms with van der Waals surface area (Å²) in [6, 6.07) is 18.0. The quantitative estimate of drug-likeness (QED) is 0.132. The first-order chi connectivity index (χ1) is 18.7. The molecule has 204 valence electrons. The second kappa shape index (κ2) is 15.4. The Labute approximate surface area is 227 Å². The van der Waals surface area contributed by atoms with Crippen LogP contribution in [0, 0.1) is 13.8 Å². The number of hydrogen-bond donors (Lipinski definition) is 2. The number of carboxylic acids is 1. The monoisotopic (exact) mass is 532 g/mol. The number of rotatable bonds is 9. The van der Waals surface area contributed by atoms with E-state index in [0.29, 0.717) is 5.69 Å². The van der Waals surface area contributed by atoms with Gasteiger partial charge in [-0.3, -0.25) is 9.36 Å². The van der Waals surface area contributed by atoms with Crippen molar-refractivity contribution < 1.29 is 29.0 Å². The third-order valence-electron chi connectivity index (χ3n) is 5.08. The second-order valence-electron chi connectivity index (χ2n) is 8.14. The summed E-state index contributed by atoms with van der Waals surface area (Å²) in [5.74, 6) is -2.60. The Balaban J connectivity index is 0.000000282. The minimum atomic E-state index is -1.21. The van der Waals surface area contributed by atoms with Crippen molar-refractivity contribution in [3.8, 4) is 5.69 Å². The fourth-order valence-corrected chi connectivity index (χ4v) is 3.30. The van der Waals surface area contributed by atoms with Crippen molar-refractivity contribution in [2.24, 2.45) is 0 Å². The van der Waals surface area contributed by atoms with E-state index in [4.69, 9.17) is 14.6 Å². The highest BCUT2D eigenvalue weighted by atomic mass is 16.6. The van der Waals surface area contributed by atoms with Crippen molar-refractivity contribution in [1.82, 2.24) is 4.57 Å². The number of pyridine rings is 1. The van der Waals surface area contributed by atoms with Crippen molar-refractivity contribution in [3.63, 3.8) is 0 Å². The second-order valence-corrected chi connectivity index (χ2v) is 8.14. The lowest BCUT2D eigenvalue weighted by molar-refractivity contribution is -0.146. The molecule has 0 saturated carbocycles. The van der Waals surface area contributed by atoms with Gasteiger partial charge in [0.05, 0.1) is 13.2 Å². The van der Waals surface area contributed by atoms with Gasteiger partial charge in [-0.25, -0.2) is 14.4 Å². The molecule has 0 aliphatic heterocycles. The summed E-state index contributed by atoms with van der Waals surface area (Å²) in [6.45, 7) is 7.65. The molecule has 0 unspecified atom stereocenters. The lowest BCUT2D eigenvalue weighted by Crippen LogP contribution is -2.24. The van der Waals surface area contributed by atoms with Crippen LogP contribution in [-0.2, 0) is 19.1 Å². The molecule has 0 amide bonds. The Kier molecular flexibility index (Phi) is 11.9. The number of carboxylic acid groups (broad SMARTS) is 1. The highest BCUT2D eigenvalue weighted by Gasteiger charge is 2.19. The van der Waals surface area contributed by atoms with Crippen molar-refractivity contribution >= 4 is 23.6 Å². The van der Waals surface area contributed by atoms with Crippen LogP contribution in [0.15, 0.2) is 95.6 Å². The Bertz CT molecular complexity index is 1400. The third-order valence-corrected chi connectivity index (χ3v) is 5.08. The normalized spacial score (nSPS) is 10.2. The van der Waals surface area contributed by atoms with E-state index in [2.05, 4.69) is 5.32 Å². The molecule has 1 heterocycles. The molecule has 0 fully saturated rings. The summed E-state index contributed by atoms with van der Waals surface area (Å²) in [5, 5.41) is 11.9. The number of allylic oxidation sites excluding steroid dienone is 2. The number of aromatic nitrogens is 1. The van der Waals surface area contributed by atoms with Crippen LogP contribution in [0.4, 0.5) is 5.69 Å². The fraction of sp³-hybridized carbons (Fsp3) is 0.200. The van der Waals surface area contributed by atoms with E-state index >= 15 is 0 Å². The Morgan fingerprint density at radius 2 is 1.51 bits per heavy atom. The summed E-state index contributed by atoms with van der Waals surface area (Å²) < 4.78 is 11.0. The minimum absolute atomic E-state index is 0.133. The van der Waals surface area contributed by atoms with Crippen LogP contribution >= 0.6 is 0 Å². The zero-order chi connectivity index (χ0) is 28.8. The molecule has 3 rings (SSSR count). The number of nitrogens with one attached hydrogen (secondary N) is 1. The Morgan fingerprint density at radius 1 is 0.897 bits per heavy atom. The minimum Gasteiger partial charge on any atom is -0.477 e. The number of aryl methyl sites for hydroxylation is 2. The molecule has 2 N–H and O–H groups in total. The molecule has 1 aromatic heterocycles. The lowest BCUT2D eigenvalue weighted by atomic mass is 10.2. The molecule has 0 aliphatic rings. The van der Waals surface area contributed by atoms with Crippen molar-refractivity contribution in [2.75, 3.05) is 18.5 Å². The number of benzene rings is 2. The van der Waals surface area contributed by atoms with Gasteiger partial charge in [0.2, 0.25) is 0 Å². The SMILES string of the molecule is CCOC(=O)C(=CC=CNc1cccc(C)c1)C(=O)OCC.Cc1cccc(-n2cccc(C(=O)O)c2=O)c1. The van der Waals surface area contributed by atoms with Crippen LogP contribution in [0.5, 0.6) is 0 Å². The number of anilines is 1. The summed E-state index contributed by atoms with van der Waals surface area (Å²) in [4.78, 5) is 46.2. The zero-order valence-electron chi connectivity index (χ0n) is 22.3. The molecular formula is C30H32N2O7. The molecule has 0 bridgehead atoms. The highest BCUT2D eigenvalue weighted by molar-refractivity contribution is 6.14. The summed E-state index contributed by atoms with van der Waals surface area (Å²) >= 11 is 0. The van der Waals surface area contributed by atoms with Crippen LogP contribution in [-0.4, -0.2) is 40.8 Å². The molecule has 0 spiro atoms. The van der Waals surface area contributed by atoms with Gasteiger partial charge in [0.15, 0.2) is 0 Å². The first kappa shape index (κ1) is 30.3. The van der Waals surface area contributed by atoms with Crippen molar-refractivity contribution in [1.29, 1.82) is 0 Å². The van der Waals surface area contributed by atoms with Gasteiger partial charge in [-0.2, -0.15) is 0 Å². The summed E-state index contributed by atoms with van der Waals surface area (Å²) in [7, 11) is 0. The first-order valence-electron chi connectivity index (χ1n) is 12.2. The number of hydrogen-bond acceptors (Lipinski definition) is 7. The van der Waals surface area contributed by atoms with Gasteiger partial charge in [0.25, 0.3) is 5.56 Å². The van der Waals surface area contributed by atoms with E-state index < -0.39 is 23.5 Å². The number of esters is 2. The summed E-state index contributed by atoms with van der Waals surface area (Å²) in [6.07, 6.45) is 6.13. The predicted molar refractivity (Wildman–Crippen MR) is 149 cm³/mol.